The first-order valence-corrected chi connectivity index (χ1v) is 6.62. The minimum atomic E-state index is -0.491. The van der Waals surface area contributed by atoms with Crippen molar-refractivity contribution in [3.8, 4) is 11.3 Å². The van der Waals surface area contributed by atoms with Crippen LogP contribution in [0.1, 0.15) is 0 Å². The summed E-state index contributed by atoms with van der Waals surface area (Å²) in [4.78, 5) is 4.14. The highest BCUT2D eigenvalue weighted by atomic mass is 80.0. The van der Waals surface area contributed by atoms with Crippen molar-refractivity contribution in [1.82, 2.24) is 9.55 Å². The van der Waals surface area contributed by atoms with Crippen molar-refractivity contribution in [2.75, 3.05) is 0 Å². The van der Waals surface area contributed by atoms with E-state index in [9.17, 15) is 0 Å². The Kier molecular flexibility index (Phi) is 3.33. The van der Waals surface area contributed by atoms with Crippen molar-refractivity contribution in [2.45, 2.75) is 2.27 Å². The Balaban J connectivity index is 2.51. The van der Waals surface area contributed by atoms with Gasteiger partial charge in [0.25, 0.3) is 0 Å². The first-order chi connectivity index (χ1) is 7.09. The molecule has 5 heteroatoms. The Hall–Kier alpha value is -0.130. The summed E-state index contributed by atoms with van der Waals surface area (Å²) in [6, 6.07) is 10.1. The molecule has 0 atom stereocenters. The predicted molar refractivity (Wildman–Crippen MR) is 72.4 cm³/mol. The molecule has 0 radical (unpaired) electrons. The Labute approximate surface area is 113 Å². The smallest absolute Gasteiger partial charge is 0.212 e. The van der Waals surface area contributed by atoms with Crippen molar-refractivity contribution in [1.29, 1.82) is 0 Å². The van der Waals surface area contributed by atoms with Crippen molar-refractivity contribution >= 4 is 47.8 Å². The van der Waals surface area contributed by atoms with Crippen LogP contribution in [0, 0.1) is 0 Å². The van der Waals surface area contributed by atoms with Gasteiger partial charge in [-0.05, 0) is 53.4 Å². The molecule has 0 bridgehead atoms. The van der Waals surface area contributed by atoms with Gasteiger partial charge in [-0.1, -0.05) is 30.3 Å². The van der Waals surface area contributed by atoms with E-state index in [2.05, 4.69) is 52.8 Å². The normalized spacial score (nSPS) is 11.7. The Morgan fingerprint density at radius 3 is 2.33 bits per heavy atom. The van der Waals surface area contributed by atoms with Gasteiger partial charge in [-0.3, -0.25) is 4.57 Å². The van der Waals surface area contributed by atoms with E-state index < -0.39 is 2.27 Å². The molecule has 0 aliphatic heterocycles. The second-order valence-corrected chi connectivity index (χ2v) is 9.62. The fourth-order valence-corrected chi connectivity index (χ4v) is 2.17. The van der Waals surface area contributed by atoms with Crippen LogP contribution in [0.5, 0.6) is 0 Å². The lowest BCUT2D eigenvalue weighted by molar-refractivity contribution is 0.865. The lowest BCUT2D eigenvalue weighted by Gasteiger charge is -2.17. The van der Waals surface area contributed by atoms with Crippen molar-refractivity contribution in [2.24, 2.45) is 0 Å². The minimum Gasteiger partial charge on any atom is -0.296 e. The van der Waals surface area contributed by atoms with E-state index in [1.54, 1.807) is 6.33 Å². The van der Waals surface area contributed by atoms with Gasteiger partial charge < -0.3 is 0 Å². The lowest BCUT2D eigenvalue weighted by atomic mass is 10.2. The molecule has 2 rings (SSSR count). The zero-order valence-corrected chi connectivity index (χ0v) is 12.3. The lowest BCUT2D eigenvalue weighted by Crippen LogP contribution is -2.10. The molecular formula is C10H7Br3N2. The third kappa shape index (κ3) is 2.52. The highest BCUT2D eigenvalue weighted by molar-refractivity contribution is 9.38. The van der Waals surface area contributed by atoms with Crippen LogP contribution in [-0.2, 0) is 2.27 Å². The zero-order valence-electron chi connectivity index (χ0n) is 7.57. The molecule has 0 N–H and O–H groups in total. The molecule has 0 saturated carbocycles. The van der Waals surface area contributed by atoms with Gasteiger partial charge in [-0.2, -0.15) is 0 Å². The van der Waals surface area contributed by atoms with Crippen LogP contribution in [-0.4, -0.2) is 9.55 Å². The Morgan fingerprint density at radius 2 is 1.73 bits per heavy atom. The molecule has 1 aromatic heterocycles. The van der Waals surface area contributed by atoms with Gasteiger partial charge in [-0.15, -0.1) is 0 Å². The molecule has 0 saturated heterocycles. The molecule has 0 unspecified atom stereocenters. The summed E-state index contributed by atoms with van der Waals surface area (Å²) >= 11 is 10.4. The highest BCUT2D eigenvalue weighted by Gasteiger charge is 2.23. The molecule has 0 fully saturated rings. The first-order valence-electron chi connectivity index (χ1n) is 4.24. The fourth-order valence-electron chi connectivity index (χ4n) is 1.32. The molecule has 0 amide bonds. The second kappa shape index (κ2) is 4.39. The average molecular weight is 395 g/mol. The number of alkyl halides is 3. The molecule has 2 aromatic rings. The molecule has 1 aromatic carbocycles. The maximum Gasteiger partial charge on any atom is 0.212 e. The number of imidazole rings is 1. The van der Waals surface area contributed by atoms with Crippen LogP contribution in [0.15, 0.2) is 42.9 Å². The molecule has 1 heterocycles. The van der Waals surface area contributed by atoms with Crippen LogP contribution >= 0.6 is 47.8 Å². The number of benzene rings is 1. The van der Waals surface area contributed by atoms with E-state index in [4.69, 9.17) is 0 Å². The number of nitrogens with zero attached hydrogens (tertiary/aromatic N) is 2. The molecular weight excluding hydrogens is 388 g/mol. The van der Waals surface area contributed by atoms with Crippen LogP contribution in [0.3, 0.4) is 0 Å². The van der Waals surface area contributed by atoms with Crippen LogP contribution in [0.25, 0.3) is 11.3 Å². The summed E-state index contributed by atoms with van der Waals surface area (Å²) in [5, 5.41) is 0. The highest BCUT2D eigenvalue weighted by Crippen LogP contribution is 2.41. The summed E-state index contributed by atoms with van der Waals surface area (Å²) in [5.41, 5.74) is 2.15. The van der Waals surface area contributed by atoms with Gasteiger partial charge in [0.2, 0.25) is 2.27 Å². The van der Waals surface area contributed by atoms with E-state index in [-0.39, 0.29) is 0 Å². The van der Waals surface area contributed by atoms with Crippen molar-refractivity contribution in [3.63, 3.8) is 0 Å². The van der Waals surface area contributed by atoms with Gasteiger partial charge in [0.1, 0.15) is 0 Å². The SMILES string of the molecule is BrC(Br)(Br)n1cncc1-c1ccccc1. The summed E-state index contributed by atoms with van der Waals surface area (Å²) in [7, 11) is 0. The molecule has 2 nitrogen and oxygen atoms in total. The summed E-state index contributed by atoms with van der Waals surface area (Å²) < 4.78 is 1.46. The third-order valence-electron chi connectivity index (χ3n) is 1.98. The van der Waals surface area contributed by atoms with Crippen LogP contribution in [0.4, 0.5) is 0 Å². The van der Waals surface area contributed by atoms with Crippen LogP contribution in [0.2, 0.25) is 0 Å². The molecule has 0 aliphatic rings. The minimum absolute atomic E-state index is 0.491. The first kappa shape index (κ1) is 11.4. The third-order valence-corrected chi connectivity index (χ3v) is 3.13. The number of rotatable bonds is 1. The van der Waals surface area contributed by atoms with Crippen LogP contribution < -0.4 is 0 Å². The van der Waals surface area contributed by atoms with E-state index in [1.807, 2.05) is 41.1 Å². The van der Waals surface area contributed by atoms with Gasteiger partial charge >= 0.3 is 0 Å². The number of aromatic nitrogens is 2. The topological polar surface area (TPSA) is 17.8 Å². The standard InChI is InChI=1S/C10H7Br3N2/c11-10(12,13)15-7-14-6-9(15)8-4-2-1-3-5-8/h1-7H. The van der Waals surface area contributed by atoms with E-state index in [0.717, 1.165) is 11.3 Å². The summed E-state index contributed by atoms with van der Waals surface area (Å²) in [6.45, 7) is 0. The fraction of sp³-hybridized carbons (Fsp3) is 0.100. The van der Waals surface area contributed by atoms with E-state index >= 15 is 0 Å². The zero-order chi connectivity index (χ0) is 10.9. The number of hydrogen-bond donors (Lipinski definition) is 0. The molecule has 0 aliphatic carbocycles. The molecule has 78 valence electrons. The maximum absolute atomic E-state index is 4.14. The second-order valence-electron chi connectivity index (χ2n) is 2.98. The predicted octanol–water partition coefficient (Wildman–Crippen LogP) is 4.30. The maximum atomic E-state index is 4.14. The van der Waals surface area contributed by atoms with Gasteiger partial charge in [0, 0.05) is 0 Å². The van der Waals surface area contributed by atoms with Crippen molar-refractivity contribution in [3.05, 3.63) is 42.9 Å². The van der Waals surface area contributed by atoms with Crippen molar-refractivity contribution < 1.29 is 0 Å². The number of halogens is 3. The van der Waals surface area contributed by atoms with Gasteiger partial charge in [0.05, 0.1) is 18.2 Å². The van der Waals surface area contributed by atoms with Gasteiger partial charge in [-0.25, -0.2) is 4.98 Å². The van der Waals surface area contributed by atoms with Gasteiger partial charge in [0.15, 0.2) is 0 Å². The Bertz CT molecular complexity index is 445. The molecule has 0 spiro atoms. The Morgan fingerprint density at radius 1 is 1.07 bits per heavy atom. The quantitative estimate of drug-likeness (QED) is 0.659. The average Bonchev–Trinajstić information content (AvgIpc) is 2.67. The van der Waals surface area contributed by atoms with E-state index in [1.165, 1.54) is 0 Å². The number of hydrogen-bond acceptors (Lipinski definition) is 1. The van der Waals surface area contributed by atoms with E-state index in [0.29, 0.717) is 0 Å². The molecule has 15 heavy (non-hydrogen) atoms. The summed E-state index contributed by atoms with van der Waals surface area (Å²) in [6.07, 6.45) is 3.58. The largest absolute Gasteiger partial charge is 0.296 e. The monoisotopic (exact) mass is 392 g/mol. The summed E-state index contributed by atoms with van der Waals surface area (Å²) in [5.74, 6) is 0.